The van der Waals surface area contributed by atoms with E-state index in [2.05, 4.69) is 17.1 Å². The second-order valence-corrected chi connectivity index (χ2v) is 9.62. The summed E-state index contributed by atoms with van der Waals surface area (Å²) in [6, 6.07) is 7.37. The van der Waals surface area contributed by atoms with Gasteiger partial charge >= 0.3 is 0 Å². The number of fused-ring (bicyclic) bond motifs is 1. The van der Waals surface area contributed by atoms with Gasteiger partial charge in [0.1, 0.15) is 5.78 Å². The fourth-order valence-electron chi connectivity index (χ4n) is 3.72. The Labute approximate surface area is 195 Å². The molecule has 0 bridgehead atoms. The molecule has 7 heteroatoms. The topological polar surface area (TPSA) is 52.7 Å². The SMILES string of the molecule is C.CCN1CCc2c(sc(CC(=O)Cc3ccc(Cl)cc3)c2C(=O)NCCN(C)C)C1. The van der Waals surface area contributed by atoms with Crippen molar-refractivity contribution in [2.45, 2.75) is 40.2 Å². The van der Waals surface area contributed by atoms with E-state index in [1.165, 1.54) is 4.88 Å². The van der Waals surface area contributed by atoms with Crippen LogP contribution in [0.3, 0.4) is 0 Å². The summed E-state index contributed by atoms with van der Waals surface area (Å²) < 4.78 is 0. The van der Waals surface area contributed by atoms with Crippen LogP contribution in [0.2, 0.25) is 5.02 Å². The molecule has 31 heavy (non-hydrogen) atoms. The second kappa shape index (κ2) is 11.8. The van der Waals surface area contributed by atoms with Crippen LogP contribution in [0, 0.1) is 0 Å². The van der Waals surface area contributed by atoms with Crippen LogP contribution in [-0.4, -0.2) is 61.8 Å². The minimum absolute atomic E-state index is 0. The number of nitrogens with zero attached hydrogens (tertiary/aromatic N) is 2. The van der Waals surface area contributed by atoms with E-state index in [1.54, 1.807) is 23.5 Å². The average Bonchev–Trinajstić information content (AvgIpc) is 3.06. The lowest BCUT2D eigenvalue weighted by Crippen LogP contribution is -2.34. The molecule has 3 rings (SSSR count). The van der Waals surface area contributed by atoms with E-state index in [-0.39, 0.29) is 19.1 Å². The Morgan fingerprint density at radius 3 is 2.55 bits per heavy atom. The lowest BCUT2D eigenvalue weighted by Gasteiger charge is -2.25. The molecule has 0 radical (unpaired) electrons. The molecule has 0 atom stereocenters. The highest BCUT2D eigenvalue weighted by atomic mass is 35.5. The number of nitrogens with one attached hydrogen (secondary N) is 1. The van der Waals surface area contributed by atoms with Gasteiger partial charge in [0.25, 0.3) is 5.91 Å². The molecule has 1 aromatic carbocycles. The van der Waals surface area contributed by atoms with Gasteiger partial charge in [-0.2, -0.15) is 0 Å². The van der Waals surface area contributed by atoms with E-state index in [0.29, 0.717) is 24.4 Å². The fourth-order valence-corrected chi connectivity index (χ4v) is 5.27. The number of hydrogen-bond donors (Lipinski definition) is 1. The molecule has 0 spiro atoms. The van der Waals surface area contributed by atoms with Gasteiger partial charge in [-0.1, -0.05) is 38.1 Å². The van der Waals surface area contributed by atoms with Gasteiger partial charge in [-0.25, -0.2) is 0 Å². The molecular weight excluding hydrogens is 430 g/mol. The van der Waals surface area contributed by atoms with E-state index in [4.69, 9.17) is 11.6 Å². The lowest BCUT2D eigenvalue weighted by atomic mass is 9.98. The van der Waals surface area contributed by atoms with Gasteiger partial charge in [-0.3, -0.25) is 14.5 Å². The standard InChI is InChI=1S/C23H30ClN3O2S.CH4/c1-4-27-11-9-19-21(15-27)30-20(22(19)23(29)25-10-12-26(2)3)14-18(28)13-16-5-7-17(24)8-6-16;/h5-8H,4,9-15H2,1-3H3,(H,25,29);1H4. The van der Waals surface area contributed by atoms with E-state index in [9.17, 15) is 9.59 Å². The molecule has 170 valence electrons. The number of ketones is 1. The van der Waals surface area contributed by atoms with E-state index in [1.807, 2.05) is 31.1 Å². The Bertz CT molecular complexity index is 893. The van der Waals surface area contributed by atoms with Crippen LogP contribution in [0.25, 0.3) is 0 Å². The number of likely N-dealkylation sites (N-methyl/N-ethyl adjacent to an activating group) is 2. The molecule has 2 heterocycles. The summed E-state index contributed by atoms with van der Waals surface area (Å²) in [5.74, 6) is 0.0687. The summed E-state index contributed by atoms with van der Waals surface area (Å²) in [4.78, 5) is 32.4. The molecular formula is C24H34ClN3O2S. The van der Waals surface area contributed by atoms with Crippen molar-refractivity contribution in [3.63, 3.8) is 0 Å². The number of halogens is 1. The molecule has 1 aliphatic rings. The third-order valence-corrected chi connectivity index (χ3v) is 6.87. The van der Waals surface area contributed by atoms with Gasteiger partial charge in [0.2, 0.25) is 0 Å². The number of Topliss-reactive ketones (excluding diaryl/α,β-unsaturated/α-hetero) is 1. The maximum absolute atomic E-state index is 13.0. The van der Waals surface area contributed by atoms with Crippen LogP contribution in [0.4, 0.5) is 0 Å². The maximum Gasteiger partial charge on any atom is 0.252 e. The number of amides is 1. The second-order valence-electron chi connectivity index (χ2n) is 8.00. The Kier molecular flexibility index (Phi) is 9.69. The predicted molar refractivity (Wildman–Crippen MR) is 130 cm³/mol. The molecule has 0 aliphatic carbocycles. The Morgan fingerprint density at radius 1 is 1.19 bits per heavy atom. The molecule has 5 nitrogen and oxygen atoms in total. The molecule has 0 fully saturated rings. The summed E-state index contributed by atoms with van der Waals surface area (Å²) in [5.41, 5.74) is 2.83. The zero-order valence-corrected chi connectivity index (χ0v) is 19.5. The van der Waals surface area contributed by atoms with Crippen molar-refractivity contribution in [2.24, 2.45) is 0 Å². The average molecular weight is 464 g/mol. The van der Waals surface area contributed by atoms with Crippen molar-refractivity contribution in [1.82, 2.24) is 15.1 Å². The van der Waals surface area contributed by atoms with Gasteiger partial charge in [-0.05, 0) is 50.3 Å². The van der Waals surface area contributed by atoms with Gasteiger partial charge in [0.05, 0.1) is 5.56 Å². The van der Waals surface area contributed by atoms with Crippen molar-refractivity contribution >= 4 is 34.6 Å². The molecule has 0 saturated carbocycles. The van der Waals surface area contributed by atoms with Crippen LogP contribution in [0.15, 0.2) is 24.3 Å². The normalized spacial score (nSPS) is 13.6. The van der Waals surface area contributed by atoms with Gasteiger partial charge in [-0.15, -0.1) is 11.3 Å². The van der Waals surface area contributed by atoms with Gasteiger partial charge < -0.3 is 10.2 Å². The molecule has 2 aromatic rings. The maximum atomic E-state index is 13.0. The van der Waals surface area contributed by atoms with Crippen molar-refractivity contribution in [3.8, 4) is 0 Å². The third kappa shape index (κ3) is 6.88. The van der Waals surface area contributed by atoms with Gasteiger partial charge in [0, 0.05) is 53.8 Å². The highest BCUT2D eigenvalue weighted by molar-refractivity contribution is 7.12. The zero-order valence-electron chi connectivity index (χ0n) is 18.0. The van der Waals surface area contributed by atoms with Crippen molar-refractivity contribution in [3.05, 3.63) is 55.7 Å². The van der Waals surface area contributed by atoms with Crippen LogP contribution in [0.5, 0.6) is 0 Å². The monoisotopic (exact) mass is 463 g/mol. The minimum atomic E-state index is -0.0476. The Hall–Kier alpha value is -1.73. The summed E-state index contributed by atoms with van der Waals surface area (Å²) in [6.07, 6.45) is 1.51. The summed E-state index contributed by atoms with van der Waals surface area (Å²) in [6.45, 7) is 6.34. The van der Waals surface area contributed by atoms with Gasteiger partial charge in [0.15, 0.2) is 0 Å². The third-order valence-electron chi connectivity index (χ3n) is 5.40. The summed E-state index contributed by atoms with van der Waals surface area (Å²) in [7, 11) is 3.97. The smallest absolute Gasteiger partial charge is 0.252 e. The number of rotatable bonds is 9. The van der Waals surface area contributed by atoms with Crippen molar-refractivity contribution in [2.75, 3.05) is 40.3 Å². The largest absolute Gasteiger partial charge is 0.351 e. The minimum Gasteiger partial charge on any atom is -0.351 e. The van der Waals surface area contributed by atoms with Crippen LogP contribution < -0.4 is 5.32 Å². The fraction of sp³-hybridized carbons (Fsp3) is 0.500. The number of carbonyl (C=O) groups excluding carboxylic acids is 2. The van der Waals surface area contributed by atoms with E-state index < -0.39 is 0 Å². The molecule has 0 saturated heterocycles. The zero-order chi connectivity index (χ0) is 21.7. The van der Waals surface area contributed by atoms with E-state index in [0.717, 1.165) is 54.2 Å². The number of thiophene rings is 1. The number of carbonyl (C=O) groups is 2. The molecule has 1 amide bonds. The van der Waals surface area contributed by atoms with Crippen molar-refractivity contribution in [1.29, 1.82) is 0 Å². The first-order valence-electron chi connectivity index (χ1n) is 10.4. The van der Waals surface area contributed by atoms with Crippen molar-refractivity contribution < 1.29 is 9.59 Å². The summed E-state index contributed by atoms with van der Waals surface area (Å²) >= 11 is 7.58. The van der Waals surface area contributed by atoms with Crippen LogP contribution >= 0.6 is 22.9 Å². The van der Waals surface area contributed by atoms with Crippen LogP contribution in [0.1, 0.15) is 45.6 Å². The first-order chi connectivity index (χ1) is 14.4. The summed E-state index contributed by atoms with van der Waals surface area (Å²) in [5, 5.41) is 3.71. The molecule has 1 aromatic heterocycles. The Morgan fingerprint density at radius 2 is 1.90 bits per heavy atom. The quantitative estimate of drug-likeness (QED) is 0.609. The molecule has 1 N–H and O–H groups in total. The highest BCUT2D eigenvalue weighted by Gasteiger charge is 2.28. The Balaban J connectivity index is 0.00000341. The van der Waals surface area contributed by atoms with Crippen LogP contribution in [-0.2, 0) is 30.6 Å². The molecule has 1 aliphatic heterocycles. The molecule has 0 unspecified atom stereocenters. The lowest BCUT2D eigenvalue weighted by molar-refractivity contribution is -0.117. The number of hydrogen-bond acceptors (Lipinski definition) is 5. The predicted octanol–water partition coefficient (Wildman–Crippen LogP) is 4.06. The number of benzene rings is 1. The first-order valence-corrected chi connectivity index (χ1v) is 11.6. The highest BCUT2D eigenvalue weighted by Crippen LogP contribution is 2.34. The van der Waals surface area contributed by atoms with E-state index >= 15 is 0 Å². The first kappa shape index (κ1) is 25.5.